The van der Waals surface area contributed by atoms with E-state index in [1.165, 1.54) is 17.5 Å². The summed E-state index contributed by atoms with van der Waals surface area (Å²) in [5.74, 6) is 0.0995. The second-order valence-corrected chi connectivity index (χ2v) is 5.68. The molecule has 0 spiro atoms. The van der Waals surface area contributed by atoms with Gasteiger partial charge in [-0.2, -0.15) is 0 Å². The lowest BCUT2D eigenvalue weighted by Gasteiger charge is -2.38. The molecule has 3 rings (SSSR count). The Labute approximate surface area is 119 Å². The van der Waals surface area contributed by atoms with Crippen LogP contribution in [-0.4, -0.2) is 41.7 Å². The van der Waals surface area contributed by atoms with E-state index in [4.69, 9.17) is 0 Å². The number of amides is 1. The van der Waals surface area contributed by atoms with Crippen molar-refractivity contribution in [1.29, 1.82) is 0 Å². The van der Waals surface area contributed by atoms with E-state index in [1.54, 1.807) is 0 Å². The zero-order valence-electron chi connectivity index (χ0n) is 11.8. The number of benzene rings is 1. The molecule has 4 heteroatoms. The normalized spacial score (nSPS) is 18.2. The summed E-state index contributed by atoms with van der Waals surface area (Å²) >= 11 is 0. The van der Waals surface area contributed by atoms with E-state index in [2.05, 4.69) is 11.4 Å². The van der Waals surface area contributed by atoms with Gasteiger partial charge in [0.05, 0.1) is 6.61 Å². The van der Waals surface area contributed by atoms with Crippen LogP contribution in [0.5, 0.6) is 0 Å². The molecule has 20 heavy (non-hydrogen) atoms. The molecular formula is C16H22N2O2. The summed E-state index contributed by atoms with van der Waals surface area (Å²) in [5, 5.41) is 12.6. The number of rotatable bonds is 4. The van der Waals surface area contributed by atoms with Crippen molar-refractivity contribution < 1.29 is 9.90 Å². The summed E-state index contributed by atoms with van der Waals surface area (Å²) in [5.41, 5.74) is 3.27. The Kier molecular flexibility index (Phi) is 4.03. The van der Waals surface area contributed by atoms with Crippen molar-refractivity contribution in [1.82, 2.24) is 10.2 Å². The van der Waals surface area contributed by atoms with Crippen molar-refractivity contribution in [3.05, 3.63) is 34.9 Å². The summed E-state index contributed by atoms with van der Waals surface area (Å²) in [6.45, 7) is 2.27. The number of nitrogens with one attached hydrogen (secondary N) is 1. The molecule has 1 heterocycles. The van der Waals surface area contributed by atoms with Crippen LogP contribution in [0.15, 0.2) is 18.2 Å². The second kappa shape index (κ2) is 5.94. The van der Waals surface area contributed by atoms with Gasteiger partial charge in [-0.15, -0.1) is 0 Å². The van der Waals surface area contributed by atoms with E-state index >= 15 is 0 Å². The summed E-state index contributed by atoms with van der Waals surface area (Å²) < 4.78 is 0. The number of hydrogen-bond acceptors (Lipinski definition) is 3. The molecule has 2 N–H and O–H groups in total. The average molecular weight is 274 g/mol. The zero-order valence-corrected chi connectivity index (χ0v) is 11.8. The van der Waals surface area contributed by atoms with Gasteiger partial charge in [-0.05, 0) is 49.4 Å². The molecule has 4 nitrogen and oxygen atoms in total. The molecule has 0 aromatic heterocycles. The van der Waals surface area contributed by atoms with Gasteiger partial charge in [-0.25, -0.2) is 0 Å². The van der Waals surface area contributed by atoms with Crippen molar-refractivity contribution in [2.75, 3.05) is 19.7 Å². The van der Waals surface area contributed by atoms with E-state index in [0.717, 1.165) is 37.9 Å². The van der Waals surface area contributed by atoms with Gasteiger partial charge in [0.2, 0.25) is 0 Å². The van der Waals surface area contributed by atoms with Crippen molar-refractivity contribution in [2.45, 2.75) is 38.3 Å². The molecule has 1 aromatic carbocycles. The predicted octanol–water partition coefficient (Wildman–Crippen LogP) is 1.32. The first-order chi connectivity index (χ1) is 9.81. The molecule has 108 valence electrons. The van der Waals surface area contributed by atoms with Crippen LogP contribution in [0.2, 0.25) is 0 Å². The molecule has 1 fully saturated rings. The number of fused-ring (bicyclic) bond motifs is 1. The van der Waals surface area contributed by atoms with Gasteiger partial charge >= 0.3 is 0 Å². The lowest BCUT2D eigenvalue weighted by Crippen LogP contribution is -2.46. The third-order valence-corrected chi connectivity index (χ3v) is 4.49. The fourth-order valence-electron chi connectivity index (χ4n) is 3.14. The average Bonchev–Trinajstić information content (AvgIpc) is 2.43. The standard InChI is InChI=1S/C16H22N2O2/c19-10-9-18(13-4-2-5-13)16(20)15-6-1-3-12-11-17-8-7-14(12)15/h1,3,6,13,17,19H,2,4-5,7-11H2. The van der Waals surface area contributed by atoms with E-state index in [-0.39, 0.29) is 12.5 Å². The number of hydrogen-bond donors (Lipinski definition) is 2. The molecule has 0 atom stereocenters. The summed E-state index contributed by atoms with van der Waals surface area (Å²) in [7, 11) is 0. The molecule has 0 saturated heterocycles. The van der Waals surface area contributed by atoms with Gasteiger partial charge < -0.3 is 15.3 Å². The van der Waals surface area contributed by atoms with Crippen molar-refractivity contribution >= 4 is 5.91 Å². The van der Waals surface area contributed by atoms with E-state index < -0.39 is 0 Å². The minimum Gasteiger partial charge on any atom is -0.395 e. The van der Waals surface area contributed by atoms with Crippen molar-refractivity contribution in [3.63, 3.8) is 0 Å². The Hall–Kier alpha value is -1.39. The molecule has 1 aromatic rings. The van der Waals surface area contributed by atoms with Crippen molar-refractivity contribution in [3.8, 4) is 0 Å². The van der Waals surface area contributed by atoms with Crippen LogP contribution in [-0.2, 0) is 13.0 Å². The maximum Gasteiger partial charge on any atom is 0.254 e. The third-order valence-electron chi connectivity index (χ3n) is 4.49. The van der Waals surface area contributed by atoms with E-state index in [1.807, 2.05) is 17.0 Å². The monoisotopic (exact) mass is 274 g/mol. The summed E-state index contributed by atoms with van der Waals surface area (Å²) in [6, 6.07) is 6.33. The van der Waals surface area contributed by atoms with Gasteiger partial charge in [0.1, 0.15) is 0 Å². The SMILES string of the molecule is O=C(c1cccc2c1CCNC2)N(CCO)C1CCC1. The van der Waals surface area contributed by atoms with Gasteiger partial charge in [-0.1, -0.05) is 12.1 Å². The van der Waals surface area contributed by atoms with Gasteiger partial charge in [0.15, 0.2) is 0 Å². The highest BCUT2D eigenvalue weighted by Crippen LogP contribution is 2.28. The number of aliphatic hydroxyl groups excluding tert-OH is 1. The fraction of sp³-hybridized carbons (Fsp3) is 0.562. The smallest absolute Gasteiger partial charge is 0.254 e. The van der Waals surface area contributed by atoms with Gasteiger partial charge in [-0.3, -0.25) is 4.79 Å². The minimum absolute atomic E-state index is 0.0405. The van der Waals surface area contributed by atoms with Crippen LogP contribution < -0.4 is 5.32 Å². The summed E-state index contributed by atoms with van der Waals surface area (Å²) in [4.78, 5) is 14.7. The first-order valence-electron chi connectivity index (χ1n) is 7.54. The largest absolute Gasteiger partial charge is 0.395 e. The Balaban J connectivity index is 1.88. The lowest BCUT2D eigenvalue weighted by atomic mass is 9.89. The van der Waals surface area contributed by atoms with E-state index in [0.29, 0.717) is 12.6 Å². The van der Waals surface area contributed by atoms with Crippen LogP contribution in [0.3, 0.4) is 0 Å². The molecule has 0 bridgehead atoms. The topological polar surface area (TPSA) is 52.6 Å². The highest BCUT2D eigenvalue weighted by atomic mass is 16.3. The first-order valence-corrected chi connectivity index (χ1v) is 7.54. The fourth-order valence-corrected chi connectivity index (χ4v) is 3.14. The first kappa shape index (κ1) is 13.6. The van der Waals surface area contributed by atoms with Crippen LogP contribution >= 0.6 is 0 Å². The minimum atomic E-state index is 0.0405. The maximum absolute atomic E-state index is 12.8. The third kappa shape index (κ3) is 2.45. The van der Waals surface area contributed by atoms with Crippen molar-refractivity contribution in [2.24, 2.45) is 0 Å². The zero-order chi connectivity index (χ0) is 13.9. The second-order valence-electron chi connectivity index (χ2n) is 5.68. The maximum atomic E-state index is 12.8. The van der Waals surface area contributed by atoms with Gasteiger partial charge in [0, 0.05) is 24.7 Å². The number of carbonyl (C=O) groups excluding carboxylic acids is 1. The Morgan fingerprint density at radius 3 is 2.95 bits per heavy atom. The Bertz CT molecular complexity index is 497. The molecule has 0 radical (unpaired) electrons. The van der Waals surface area contributed by atoms with E-state index in [9.17, 15) is 9.90 Å². The predicted molar refractivity (Wildman–Crippen MR) is 77.6 cm³/mol. The highest BCUT2D eigenvalue weighted by Gasteiger charge is 2.30. The number of nitrogens with zero attached hydrogens (tertiary/aromatic N) is 1. The quantitative estimate of drug-likeness (QED) is 0.870. The number of aliphatic hydroxyl groups is 1. The molecule has 1 amide bonds. The van der Waals surface area contributed by atoms with Gasteiger partial charge in [0.25, 0.3) is 5.91 Å². The molecule has 1 aliphatic carbocycles. The van der Waals surface area contributed by atoms with Crippen LogP contribution in [0.1, 0.15) is 40.7 Å². The molecule has 2 aliphatic rings. The molecule has 0 unspecified atom stereocenters. The highest BCUT2D eigenvalue weighted by molar-refractivity contribution is 5.96. The van der Waals surface area contributed by atoms with Crippen LogP contribution in [0.4, 0.5) is 0 Å². The molecule has 1 aliphatic heterocycles. The summed E-state index contributed by atoms with van der Waals surface area (Å²) in [6.07, 6.45) is 4.25. The Morgan fingerprint density at radius 1 is 1.40 bits per heavy atom. The Morgan fingerprint density at radius 2 is 2.25 bits per heavy atom. The molecular weight excluding hydrogens is 252 g/mol. The number of carbonyl (C=O) groups is 1. The van der Waals surface area contributed by atoms with Crippen LogP contribution in [0, 0.1) is 0 Å². The lowest BCUT2D eigenvalue weighted by molar-refractivity contribution is 0.0524. The van der Waals surface area contributed by atoms with Crippen LogP contribution in [0.25, 0.3) is 0 Å². The molecule has 1 saturated carbocycles.